The molecular weight excluding hydrogens is 285 g/mol. The molecule has 1 saturated heterocycles. The van der Waals surface area contributed by atoms with Crippen LogP contribution in [0.25, 0.3) is 0 Å². The molecule has 1 aliphatic rings. The van der Waals surface area contributed by atoms with E-state index in [0.29, 0.717) is 24.3 Å². The Morgan fingerprint density at radius 3 is 2.48 bits per heavy atom. The van der Waals surface area contributed by atoms with Gasteiger partial charge in [0, 0.05) is 18.0 Å². The summed E-state index contributed by atoms with van der Waals surface area (Å²) in [6.07, 6.45) is 1.24. The number of piperidine rings is 1. The van der Waals surface area contributed by atoms with Crippen LogP contribution in [-0.2, 0) is 0 Å². The number of benzene rings is 1. The molecule has 2 N–H and O–H groups in total. The first-order valence-corrected chi connectivity index (χ1v) is 6.61. The monoisotopic (exact) mass is 298 g/mol. The molecule has 4 nitrogen and oxygen atoms in total. The maximum atomic E-state index is 13.3. The molecule has 0 bridgehead atoms. The summed E-state index contributed by atoms with van der Waals surface area (Å²) < 4.78 is 44.7. The molecule has 3 rings (SSSR count). The van der Waals surface area contributed by atoms with Crippen LogP contribution in [0.1, 0.15) is 36.1 Å². The van der Waals surface area contributed by atoms with Crippen molar-refractivity contribution in [2.24, 2.45) is 0 Å². The average molecular weight is 298 g/mol. The SMILES string of the molecule is O=c1cc([C@H]2CCN[C@H](c3cc(F)c(F)c(F)c3)C2)o[nH]1. The van der Waals surface area contributed by atoms with Gasteiger partial charge in [0.05, 0.1) is 0 Å². The van der Waals surface area contributed by atoms with E-state index in [1.54, 1.807) is 0 Å². The van der Waals surface area contributed by atoms with Gasteiger partial charge in [0.25, 0.3) is 5.56 Å². The highest BCUT2D eigenvalue weighted by Crippen LogP contribution is 2.34. The minimum absolute atomic E-state index is 0.0358. The predicted molar refractivity (Wildman–Crippen MR) is 68.4 cm³/mol. The van der Waals surface area contributed by atoms with Crippen LogP contribution in [0, 0.1) is 17.5 Å². The zero-order valence-electron chi connectivity index (χ0n) is 11.0. The number of H-pyrrole nitrogens is 1. The van der Waals surface area contributed by atoms with Crippen LogP contribution in [-0.4, -0.2) is 11.7 Å². The molecule has 1 aromatic heterocycles. The molecule has 2 atom stereocenters. The number of nitrogens with one attached hydrogen (secondary N) is 2. The normalized spacial score (nSPS) is 22.4. The number of rotatable bonds is 2. The van der Waals surface area contributed by atoms with E-state index in [4.69, 9.17) is 4.52 Å². The van der Waals surface area contributed by atoms with Gasteiger partial charge >= 0.3 is 0 Å². The third kappa shape index (κ3) is 2.73. The minimum atomic E-state index is -1.47. The van der Waals surface area contributed by atoms with Crippen molar-refractivity contribution in [3.05, 3.63) is 57.3 Å². The van der Waals surface area contributed by atoms with Crippen molar-refractivity contribution in [2.75, 3.05) is 6.54 Å². The summed E-state index contributed by atoms with van der Waals surface area (Å²) >= 11 is 0. The summed E-state index contributed by atoms with van der Waals surface area (Å²) in [6, 6.07) is 3.03. The second kappa shape index (κ2) is 5.40. The second-order valence-electron chi connectivity index (χ2n) is 5.14. The average Bonchev–Trinajstić information content (AvgIpc) is 2.91. The third-order valence-corrected chi connectivity index (χ3v) is 3.76. The Labute approximate surface area is 117 Å². The van der Waals surface area contributed by atoms with Crippen LogP contribution in [0.4, 0.5) is 13.2 Å². The lowest BCUT2D eigenvalue weighted by atomic mass is 9.87. The Kier molecular flexibility index (Phi) is 3.59. The second-order valence-corrected chi connectivity index (χ2v) is 5.14. The highest BCUT2D eigenvalue weighted by molar-refractivity contribution is 5.24. The first-order chi connectivity index (χ1) is 10.0. The topological polar surface area (TPSA) is 58.0 Å². The quantitative estimate of drug-likeness (QED) is 0.838. The van der Waals surface area contributed by atoms with Crippen LogP contribution >= 0.6 is 0 Å². The molecule has 1 fully saturated rings. The predicted octanol–water partition coefficient (Wildman–Crippen LogP) is 2.59. The van der Waals surface area contributed by atoms with E-state index in [1.807, 2.05) is 0 Å². The molecule has 112 valence electrons. The Morgan fingerprint density at radius 2 is 1.86 bits per heavy atom. The van der Waals surface area contributed by atoms with Crippen molar-refractivity contribution in [2.45, 2.75) is 24.8 Å². The third-order valence-electron chi connectivity index (χ3n) is 3.76. The van der Waals surface area contributed by atoms with Crippen molar-refractivity contribution in [3.8, 4) is 0 Å². The van der Waals surface area contributed by atoms with E-state index in [1.165, 1.54) is 6.07 Å². The summed E-state index contributed by atoms with van der Waals surface area (Å²) in [5.41, 5.74) is 0.0212. The fraction of sp³-hybridized carbons (Fsp3) is 0.357. The van der Waals surface area contributed by atoms with Crippen LogP contribution in [0.3, 0.4) is 0 Å². The van der Waals surface area contributed by atoms with Gasteiger partial charge < -0.3 is 9.84 Å². The van der Waals surface area contributed by atoms with E-state index in [-0.39, 0.29) is 17.5 Å². The Hall–Kier alpha value is -2.02. The molecule has 0 radical (unpaired) electrons. The fourth-order valence-corrected chi connectivity index (χ4v) is 2.70. The smallest absolute Gasteiger partial charge is 0.280 e. The lowest BCUT2D eigenvalue weighted by molar-refractivity contribution is 0.294. The van der Waals surface area contributed by atoms with Crippen LogP contribution in [0.2, 0.25) is 0 Å². The van der Waals surface area contributed by atoms with Gasteiger partial charge in [-0.25, -0.2) is 13.2 Å². The molecular formula is C14H13F3N2O2. The molecule has 0 unspecified atom stereocenters. The number of hydrogen-bond donors (Lipinski definition) is 2. The molecule has 7 heteroatoms. The molecule has 0 spiro atoms. The Morgan fingerprint density at radius 1 is 1.14 bits per heavy atom. The van der Waals surface area contributed by atoms with Gasteiger partial charge in [-0.3, -0.25) is 4.79 Å². The van der Waals surface area contributed by atoms with E-state index in [9.17, 15) is 18.0 Å². The fourth-order valence-electron chi connectivity index (χ4n) is 2.70. The minimum Gasteiger partial charge on any atom is -0.383 e. The van der Waals surface area contributed by atoms with Gasteiger partial charge in [-0.2, -0.15) is 5.16 Å². The maximum absolute atomic E-state index is 13.3. The molecule has 1 aromatic carbocycles. The van der Waals surface area contributed by atoms with E-state index >= 15 is 0 Å². The van der Waals surface area contributed by atoms with Gasteiger partial charge in [-0.05, 0) is 37.1 Å². The maximum Gasteiger partial charge on any atom is 0.280 e. The molecule has 0 saturated carbocycles. The van der Waals surface area contributed by atoms with E-state index in [2.05, 4.69) is 10.5 Å². The summed E-state index contributed by atoms with van der Waals surface area (Å²) in [6.45, 7) is 0.602. The first-order valence-electron chi connectivity index (χ1n) is 6.61. The lowest BCUT2D eigenvalue weighted by Gasteiger charge is -2.29. The highest BCUT2D eigenvalue weighted by Gasteiger charge is 2.27. The number of aromatic nitrogens is 1. The summed E-state index contributed by atoms with van der Waals surface area (Å²) in [7, 11) is 0. The molecule has 0 aliphatic carbocycles. The Balaban J connectivity index is 1.84. The standard InChI is InChI=1S/C14H13F3N2O2/c15-9-3-8(4-10(16)14(9)17)11-5-7(1-2-18-11)12-6-13(20)19-21-12/h3-4,6-7,11,18H,1-2,5H2,(H,19,20)/t7-,11-/m0/s1. The van der Waals surface area contributed by atoms with Crippen LogP contribution < -0.4 is 10.9 Å². The van der Waals surface area contributed by atoms with Crippen LogP contribution in [0.15, 0.2) is 27.5 Å². The van der Waals surface area contributed by atoms with Crippen molar-refractivity contribution >= 4 is 0 Å². The van der Waals surface area contributed by atoms with Gasteiger partial charge in [-0.15, -0.1) is 0 Å². The number of aromatic amines is 1. The van der Waals surface area contributed by atoms with Crippen molar-refractivity contribution < 1.29 is 17.7 Å². The summed E-state index contributed by atoms with van der Waals surface area (Å²) in [5.74, 6) is -3.40. The number of hydrogen-bond acceptors (Lipinski definition) is 3. The van der Waals surface area contributed by atoms with Crippen molar-refractivity contribution in [1.82, 2.24) is 10.5 Å². The molecule has 21 heavy (non-hydrogen) atoms. The molecule has 2 aromatic rings. The largest absolute Gasteiger partial charge is 0.383 e. The van der Waals surface area contributed by atoms with Crippen LogP contribution in [0.5, 0.6) is 0 Å². The van der Waals surface area contributed by atoms with Gasteiger partial charge in [-0.1, -0.05) is 0 Å². The molecule has 0 amide bonds. The van der Waals surface area contributed by atoms with E-state index < -0.39 is 17.5 Å². The first kappa shape index (κ1) is 13.9. The molecule has 2 heterocycles. The van der Waals surface area contributed by atoms with Gasteiger partial charge in [0.1, 0.15) is 5.76 Å². The molecule has 1 aliphatic heterocycles. The van der Waals surface area contributed by atoms with Gasteiger partial charge in [0.2, 0.25) is 0 Å². The van der Waals surface area contributed by atoms with Crippen molar-refractivity contribution in [1.29, 1.82) is 0 Å². The van der Waals surface area contributed by atoms with E-state index in [0.717, 1.165) is 18.6 Å². The van der Waals surface area contributed by atoms with Crippen molar-refractivity contribution in [3.63, 3.8) is 0 Å². The highest BCUT2D eigenvalue weighted by atomic mass is 19.2. The van der Waals surface area contributed by atoms with Gasteiger partial charge in [0.15, 0.2) is 17.5 Å². The number of halogens is 3. The Bertz CT molecular complexity index is 687. The zero-order chi connectivity index (χ0) is 15.0. The summed E-state index contributed by atoms with van der Waals surface area (Å²) in [5, 5.41) is 5.36. The lowest BCUT2D eigenvalue weighted by Crippen LogP contribution is -2.31. The zero-order valence-corrected chi connectivity index (χ0v) is 11.0. The summed E-state index contributed by atoms with van der Waals surface area (Å²) in [4.78, 5) is 11.1.